The number of hydrogen-bond acceptors (Lipinski definition) is 8. The fourth-order valence-electron chi connectivity index (χ4n) is 2.78. The standard InChI is InChI=1S/C19H17N5O4/c1-12-2-5-14(6-3-12)23-19-17(24(25)26)18(21-10-22-19)20-9-13-4-7-15-16(8-13)28-11-27-15/h2-8,10H,9,11H2,1H3,(H2,20,21,22,23). The van der Waals surface area contributed by atoms with E-state index in [1.54, 1.807) is 6.07 Å². The summed E-state index contributed by atoms with van der Waals surface area (Å²) in [4.78, 5) is 19.2. The van der Waals surface area contributed by atoms with E-state index in [4.69, 9.17) is 9.47 Å². The van der Waals surface area contributed by atoms with Gasteiger partial charge in [0.2, 0.25) is 18.4 Å². The molecule has 0 atom stereocenters. The molecule has 9 heteroatoms. The lowest BCUT2D eigenvalue weighted by atomic mass is 10.2. The summed E-state index contributed by atoms with van der Waals surface area (Å²) >= 11 is 0. The zero-order valence-electron chi connectivity index (χ0n) is 15.0. The molecule has 2 aromatic carbocycles. The average Bonchev–Trinajstić information content (AvgIpc) is 3.16. The van der Waals surface area contributed by atoms with Crippen molar-refractivity contribution in [2.24, 2.45) is 0 Å². The van der Waals surface area contributed by atoms with Crippen LogP contribution in [0.15, 0.2) is 48.8 Å². The van der Waals surface area contributed by atoms with Crippen molar-refractivity contribution in [2.45, 2.75) is 13.5 Å². The van der Waals surface area contributed by atoms with Gasteiger partial charge >= 0.3 is 5.69 Å². The molecule has 0 unspecified atom stereocenters. The molecule has 3 aromatic rings. The van der Waals surface area contributed by atoms with E-state index in [1.165, 1.54) is 6.33 Å². The Labute approximate surface area is 160 Å². The minimum Gasteiger partial charge on any atom is -0.454 e. The van der Waals surface area contributed by atoms with E-state index in [2.05, 4.69) is 20.6 Å². The Morgan fingerprint density at radius 2 is 1.82 bits per heavy atom. The summed E-state index contributed by atoms with van der Waals surface area (Å²) in [5, 5.41) is 17.7. The second-order valence-electron chi connectivity index (χ2n) is 6.21. The van der Waals surface area contributed by atoms with Gasteiger partial charge in [0.05, 0.1) is 4.92 Å². The average molecular weight is 379 g/mol. The van der Waals surface area contributed by atoms with E-state index in [0.717, 1.165) is 11.1 Å². The number of hydrogen-bond donors (Lipinski definition) is 2. The van der Waals surface area contributed by atoms with Gasteiger partial charge in [-0.25, -0.2) is 9.97 Å². The van der Waals surface area contributed by atoms with Crippen molar-refractivity contribution in [2.75, 3.05) is 17.4 Å². The maximum Gasteiger partial charge on any atom is 0.353 e. The van der Waals surface area contributed by atoms with Crippen LogP contribution in [0.2, 0.25) is 0 Å². The predicted molar refractivity (Wildman–Crippen MR) is 103 cm³/mol. The molecular weight excluding hydrogens is 362 g/mol. The number of rotatable bonds is 6. The summed E-state index contributed by atoms with van der Waals surface area (Å²) in [6, 6.07) is 13.0. The summed E-state index contributed by atoms with van der Waals surface area (Å²) in [5.74, 6) is 1.59. The fraction of sp³-hybridized carbons (Fsp3) is 0.158. The first kappa shape index (κ1) is 17.5. The number of nitro groups is 1. The molecule has 2 N–H and O–H groups in total. The number of aromatic nitrogens is 2. The van der Waals surface area contributed by atoms with Gasteiger partial charge in [0, 0.05) is 12.2 Å². The quantitative estimate of drug-likeness (QED) is 0.492. The number of nitrogens with zero attached hydrogens (tertiary/aromatic N) is 3. The van der Waals surface area contributed by atoms with Gasteiger partial charge in [-0.15, -0.1) is 0 Å². The van der Waals surface area contributed by atoms with Gasteiger partial charge in [0.15, 0.2) is 11.5 Å². The summed E-state index contributed by atoms with van der Waals surface area (Å²) in [6.45, 7) is 2.49. The van der Waals surface area contributed by atoms with Crippen LogP contribution >= 0.6 is 0 Å². The molecule has 142 valence electrons. The third-order valence-electron chi connectivity index (χ3n) is 4.22. The molecule has 1 aromatic heterocycles. The predicted octanol–water partition coefficient (Wildman–Crippen LogP) is 3.78. The van der Waals surface area contributed by atoms with Gasteiger partial charge < -0.3 is 20.1 Å². The van der Waals surface area contributed by atoms with Gasteiger partial charge in [0.25, 0.3) is 0 Å². The number of nitrogens with one attached hydrogen (secondary N) is 2. The maximum absolute atomic E-state index is 11.7. The highest BCUT2D eigenvalue weighted by Gasteiger charge is 2.23. The van der Waals surface area contributed by atoms with Crippen LogP contribution in [0.4, 0.5) is 23.0 Å². The zero-order valence-corrected chi connectivity index (χ0v) is 15.0. The van der Waals surface area contributed by atoms with E-state index in [1.807, 2.05) is 43.3 Å². The summed E-state index contributed by atoms with van der Waals surface area (Å²) < 4.78 is 10.6. The third-order valence-corrected chi connectivity index (χ3v) is 4.22. The SMILES string of the molecule is Cc1ccc(Nc2ncnc(NCc3ccc4c(c3)OCO4)c2[N+](=O)[O-])cc1. The van der Waals surface area contributed by atoms with Crippen molar-refractivity contribution in [3.05, 3.63) is 70.0 Å². The Morgan fingerprint density at radius 1 is 1.07 bits per heavy atom. The van der Waals surface area contributed by atoms with Gasteiger partial charge in [-0.3, -0.25) is 10.1 Å². The maximum atomic E-state index is 11.7. The molecule has 1 aliphatic rings. The van der Waals surface area contributed by atoms with Gasteiger partial charge in [-0.2, -0.15) is 0 Å². The normalized spacial score (nSPS) is 11.9. The smallest absolute Gasteiger partial charge is 0.353 e. The van der Waals surface area contributed by atoms with E-state index in [-0.39, 0.29) is 24.1 Å². The Morgan fingerprint density at radius 3 is 2.61 bits per heavy atom. The lowest BCUT2D eigenvalue weighted by molar-refractivity contribution is -0.383. The summed E-state index contributed by atoms with van der Waals surface area (Å²) in [7, 11) is 0. The number of fused-ring (bicyclic) bond motifs is 1. The van der Waals surface area contributed by atoms with Crippen LogP contribution in [0.3, 0.4) is 0 Å². The van der Waals surface area contributed by atoms with Gasteiger partial charge in [0.1, 0.15) is 6.33 Å². The van der Waals surface area contributed by atoms with Crippen molar-refractivity contribution in [3.63, 3.8) is 0 Å². The molecule has 2 heterocycles. The van der Waals surface area contributed by atoms with Crippen molar-refractivity contribution in [3.8, 4) is 11.5 Å². The Hall–Kier alpha value is -3.88. The van der Waals surface area contributed by atoms with Crippen LogP contribution in [-0.2, 0) is 6.54 Å². The monoisotopic (exact) mass is 379 g/mol. The largest absolute Gasteiger partial charge is 0.454 e. The number of benzene rings is 2. The van der Waals surface area contributed by atoms with Gasteiger partial charge in [-0.05, 0) is 36.8 Å². The highest BCUT2D eigenvalue weighted by atomic mass is 16.7. The lowest BCUT2D eigenvalue weighted by Gasteiger charge is -2.10. The first-order valence-electron chi connectivity index (χ1n) is 8.55. The lowest BCUT2D eigenvalue weighted by Crippen LogP contribution is -2.08. The Balaban J connectivity index is 1.56. The van der Waals surface area contributed by atoms with E-state index >= 15 is 0 Å². The molecule has 4 rings (SSSR count). The minimum absolute atomic E-state index is 0.122. The highest BCUT2D eigenvalue weighted by molar-refractivity contribution is 5.73. The topological polar surface area (TPSA) is 111 Å². The van der Waals surface area contributed by atoms with Crippen LogP contribution in [0.5, 0.6) is 11.5 Å². The second-order valence-corrected chi connectivity index (χ2v) is 6.21. The highest BCUT2D eigenvalue weighted by Crippen LogP contribution is 2.34. The van der Waals surface area contributed by atoms with Gasteiger partial charge in [-0.1, -0.05) is 23.8 Å². The Bertz CT molecular complexity index is 1020. The van der Waals surface area contributed by atoms with Crippen LogP contribution in [-0.4, -0.2) is 21.7 Å². The Kier molecular flexibility index (Phi) is 4.63. The number of anilines is 3. The number of ether oxygens (including phenoxy) is 2. The van der Waals surface area contributed by atoms with Crippen molar-refractivity contribution < 1.29 is 14.4 Å². The van der Waals surface area contributed by atoms with Crippen molar-refractivity contribution >= 4 is 23.0 Å². The van der Waals surface area contributed by atoms with Crippen LogP contribution in [0.1, 0.15) is 11.1 Å². The third kappa shape index (κ3) is 3.63. The molecule has 0 saturated heterocycles. The molecule has 0 bridgehead atoms. The molecule has 0 radical (unpaired) electrons. The van der Waals surface area contributed by atoms with E-state index in [9.17, 15) is 10.1 Å². The van der Waals surface area contributed by atoms with Crippen LogP contribution in [0, 0.1) is 17.0 Å². The molecule has 1 aliphatic heterocycles. The van der Waals surface area contributed by atoms with E-state index in [0.29, 0.717) is 23.7 Å². The molecule has 9 nitrogen and oxygen atoms in total. The van der Waals surface area contributed by atoms with Crippen molar-refractivity contribution in [1.82, 2.24) is 9.97 Å². The first-order chi connectivity index (χ1) is 13.6. The fourth-order valence-corrected chi connectivity index (χ4v) is 2.78. The molecule has 0 fully saturated rings. The molecule has 0 aliphatic carbocycles. The molecule has 0 amide bonds. The van der Waals surface area contributed by atoms with Crippen molar-refractivity contribution in [1.29, 1.82) is 0 Å². The second kappa shape index (κ2) is 7.39. The van der Waals surface area contributed by atoms with Crippen LogP contribution < -0.4 is 20.1 Å². The van der Waals surface area contributed by atoms with E-state index < -0.39 is 4.92 Å². The summed E-state index contributed by atoms with van der Waals surface area (Å²) in [6.07, 6.45) is 1.28. The zero-order chi connectivity index (χ0) is 19.5. The number of aryl methyl sites for hydroxylation is 1. The minimum atomic E-state index is -0.501. The molecule has 0 saturated carbocycles. The molecule has 0 spiro atoms. The molecule has 28 heavy (non-hydrogen) atoms. The summed E-state index contributed by atoms with van der Waals surface area (Å²) in [5.41, 5.74) is 2.46. The van der Waals surface area contributed by atoms with Crippen LogP contribution in [0.25, 0.3) is 0 Å². The molecular formula is C19H17N5O4. The first-order valence-corrected chi connectivity index (χ1v) is 8.55.